The van der Waals surface area contributed by atoms with Crippen molar-refractivity contribution in [3.8, 4) is 11.4 Å². The van der Waals surface area contributed by atoms with Crippen molar-refractivity contribution in [1.82, 2.24) is 9.97 Å². The van der Waals surface area contributed by atoms with Crippen LogP contribution in [0.5, 0.6) is 0 Å². The summed E-state index contributed by atoms with van der Waals surface area (Å²) in [5.41, 5.74) is 1.83. The molecule has 0 saturated carbocycles. The van der Waals surface area contributed by atoms with Gasteiger partial charge in [0.05, 0.1) is 11.4 Å². The Morgan fingerprint density at radius 2 is 1.07 bits per heavy atom. The fourth-order valence-electron chi connectivity index (χ4n) is 1.03. The van der Waals surface area contributed by atoms with Crippen molar-refractivity contribution in [2.75, 3.05) is 0 Å². The largest absolute Gasteiger partial charge is 2.00 e. The number of aromatic nitrogens is 2. The van der Waals surface area contributed by atoms with Gasteiger partial charge in [-0.15, -0.1) is 0 Å². The van der Waals surface area contributed by atoms with Gasteiger partial charge in [0.1, 0.15) is 0 Å². The number of hydrogen-bond acceptors (Lipinski definition) is 2. The van der Waals surface area contributed by atoms with E-state index in [1.807, 2.05) is 36.4 Å². The predicted octanol–water partition coefficient (Wildman–Crippen LogP) is 3.04. The van der Waals surface area contributed by atoms with E-state index < -0.39 is 0 Å². The molecule has 2 aromatic rings. The molecule has 2 heterocycles. The van der Waals surface area contributed by atoms with Gasteiger partial charge in [-0.05, 0) is 24.3 Å². The summed E-state index contributed by atoms with van der Waals surface area (Å²) in [6.45, 7) is 0. The van der Waals surface area contributed by atoms with Crippen LogP contribution in [-0.2, 0) is 20.4 Å². The summed E-state index contributed by atoms with van der Waals surface area (Å²) in [4.78, 5) is 8.37. The predicted molar refractivity (Wildman–Crippen MR) is 60.3 cm³/mol. The zero-order chi connectivity index (χ0) is 8.23. The van der Waals surface area contributed by atoms with E-state index in [2.05, 4.69) is 9.97 Å². The molecule has 0 N–H and O–H groups in total. The zero-order valence-corrected chi connectivity index (χ0v) is 10.4. The molecule has 2 aromatic heterocycles. The van der Waals surface area contributed by atoms with Gasteiger partial charge in [-0.3, -0.25) is 9.97 Å². The van der Waals surface area contributed by atoms with Gasteiger partial charge in [-0.2, -0.15) is 0 Å². The molecule has 15 heavy (non-hydrogen) atoms. The Labute approximate surface area is 105 Å². The smallest absolute Gasteiger partial charge is 0.358 e. The van der Waals surface area contributed by atoms with E-state index in [-0.39, 0.29) is 35.3 Å². The number of nitrogens with zero attached hydrogens (tertiary/aromatic N) is 2. The topological polar surface area (TPSA) is 25.8 Å². The van der Waals surface area contributed by atoms with Gasteiger partial charge in [-0.1, -0.05) is 12.1 Å². The van der Waals surface area contributed by atoms with E-state index in [0.29, 0.717) is 0 Å². The van der Waals surface area contributed by atoms with Crippen molar-refractivity contribution in [1.29, 1.82) is 0 Å². The Morgan fingerprint density at radius 1 is 0.667 bits per heavy atom. The van der Waals surface area contributed by atoms with Crippen LogP contribution in [0.4, 0.5) is 0 Å². The van der Waals surface area contributed by atoms with E-state index in [9.17, 15) is 0 Å². The van der Waals surface area contributed by atoms with Crippen LogP contribution >= 0.6 is 0 Å². The molecule has 0 unspecified atom stereocenters. The molecule has 0 radical (unpaired) electrons. The quantitative estimate of drug-likeness (QED) is 0.596. The van der Waals surface area contributed by atoms with Crippen molar-refractivity contribution < 1.29 is 20.4 Å². The minimum absolute atomic E-state index is 0. The van der Waals surface area contributed by atoms with Gasteiger partial charge in [0.15, 0.2) is 0 Å². The third-order valence-electron chi connectivity index (χ3n) is 1.59. The fraction of sp³-hybridized carbons (Fsp3) is 0. The Bertz CT molecular complexity index is 311. The van der Waals surface area contributed by atoms with Crippen molar-refractivity contribution >= 4 is 0 Å². The second-order valence-corrected chi connectivity index (χ2v) is 2.43. The summed E-state index contributed by atoms with van der Waals surface area (Å²) in [7, 11) is 0. The maximum absolute atomic E-state index is 4.19. The molecule has 0 amide bonds. The Balaban J connectivity index is 0. The van der Waals surface area contributed by atoms with Crippen LogP contribution in [0.15, 0.2) is 48.8 Å². The average Bonchev–Trinajstić information content (AvgIpc) is 2.21. The van der Waals surface area contributed by atoms with Gasteiger partial charge in [-0.25, -0.2) is 0 Å². The molecule has 3 heteroatoms. The first-order chi connectivity index (χ1) is 5.97. The number of hydrogen-bond donors (Lipinski definition) is 0. The molecule has 82 valence electrons. The summed E-state index contributed by atoms with van der Waals surface area (Å²) >= 11 is 0. The SMILES string of the molecule is [CH3-].[CH3-].[Pd+2].c1ccc(-c2ccccn2)nc1. The molecule has 0 bridgehead atoms. The molecule has 0 aliphatic heterocycles. The molecule has 0 aliphatic carbocycles. The molecule has 0 fully saturated rings. The van der Waals surface area contributed by atoms with Gasteiger partial charge in [0, 0.05) is 12.4 Å². The van der Waals surface area contributed by atoms with Gasteiger partial charge in [0.2, 0.25) is 0 Å². The summed E-state index contributed by atoms with van der Waals surface area (Å²) < 4.78 is 0. The third-order valence-corrected chi connectivity index (χ3v) is 1.59. The van der Waals surface area contributed by atoms with Crippen LogP contribution in [-0.4, -0.2) is 9.97 Å². The first-order valence-corrected chi connectivity index (χ1v) is 3.79. The molecule has 0 saturated heterocycles. The molecule has 0 spiro atoms. The zero-order valence-electron chi connectivity index (χ0n) is 8.83. The van der Waals surface area contributed by atoms with Crippen molar-refractivity contribution in [2.45, 2.75) is 0 Å². The number of rotatable bonds is 1. The molecular formula is C12H14N2Pd. The number of pyridine rings is 2. The van der Waals surface area contributed by atoms with E-state index >= 15 is 0 Å². The normalized spacial score (nSPS) is 7.73. The van der Waals surface area contributed by atoms with Crippen LogP contribution in [0.2, 0.25) is 0 Å². The van der Waals surface area contributed by atoms with Crippen molar-refractivity contribution in [2.24, 2.45) is 0 Å². The minimum atomic E-state index is 0. The first-order valence-electron chi connectivity index (χ1n) is 3.79. The molecule has 2 rings (SSSR count). The summed E-state index contributed by atoms with van der Waals surface area (Å²) in [6.07, 6.45) is 3.54. The summed E-state index contributed by atoms with van der Waals surface area (Å²) in [5.74, 6) is 0. The third kappa shape index (κ3) is 4.33. The van der Waals surface area contributed by atoms with Crippen molar-refractivity contribution in [3.05, 3.63) is 63.6 Å². The monoisotopic (exact) mass is 292 g/mol. The molecule has 0 aromatic carbocycles. The van der Waals surface area contributed by atoms with Gasteiger partial charge >= 0.3 is 20.4 Å². The summed E-state index contributed by atoms with van der Waals surface area (Å²) in [6, 6.07) is 11.6. The van der Waals surface area contributed by atoms with Crippen LogP contribution in [0.25, 0.3) is 11.4 Å². The standard InChI is InChI=1S/C10H8N2.2CH3.Pd/c1-3-7-11-9(5-1)10-6-2-4-8-12-10;;;/h1-8H;2*1H3;/q;2*-1;+2. The van der Waals surface area contributed by atoms with Crippen LogP contribution in [0.1, 0.15) is 0 Å². The van der Waals surface area contributed by atoms with Crippen LogP contribution < -0.4 is 0 Å². The van der Waals surface area contributed by atoms with Gasteiger partial charge in [0.25, 0.3) is 0 Å². The van der Waals surface area contributed by atoms with E-state index in [1.54, 1.807) is 12.4 Å². The Morgan fingerprint density at radius 3 is 1.33 bits per heavy atom. The maximum atomic E-state index is 4.19. The van der Waals surface area contributed by atoms with E-state index in [1.165, 1.54) is 0 Å². The molecule has 2 nitrogen and oxygen atoms in total. The Hall–Kier alpha value is -1.04. The molecule has 0 aliphatic rings. The second kappa shape index (κ2) is 8.29. The second-order valence-electron chi connectivity index (χ2n) is 2.43. The maximum Gasteiger partial charge on any atom is 2.00 e. The van der Waals surface area contributed by atoms with Crippen LogP contribution in [0.3, 0.4) is 0 Å². The Kier molecular flexibility index (Phi) is 9.06. The average molecular weight is 293 g/mol. The van der Waals surface area contributed by atoms with Gasteiger partial charge < -0.3 is 14.9 Å². The van der Waals surface area contributed by atoms with Crippen molar-refractivity contribution in [3.63, 3.8) is 0 Å². The fourth-order valence-corrected chi connectivity index (χ4v) is 1.03. The molecule has 0 atom stereocenters. The first kappa shape index (κ1) is 16.4. The summed E-state index contributed by atoms with van der Waals surface area (Å²) in [5, 5.41) is 0. The molecular weight excluding hydrogens is 279 g/mol. The van der Waals surface area contributed by atoms with E-state index in [4.69, 9.17) is 0 Å². The minimum Gasteiger partial charge on any atom is -0.358 e. The van der Waals surface area contributed by atoms with E-state index in [0.717, 1.165) is 11.4 Å². The van der Waals surface area contributed by atoms with Crippen LogP contribution in [0, 0.1) is 14.9 Å².